The molecule has 2 aliphatic heterocycles. The van der Waals surface area contributed by atoms with Crippen molar-refractivity contribution in [1.29, 1.82) is 0 Å². The highest BCUT2D eigenvalue weighted by Crippen LogP contribution is 2.26. The molecule has 0 radical (unpaired) electrons. The van der Waals surface area contributed by atoms with E-state index >= 15 is 0 Å². The van der Waals surface area contributed by atoms with Crippen LogP contribution >= 0.6 is 11.6 Å². The zero-order chi connectivity index (χ0) is 21.2. The Kier molecular flexibility index (Phi) is 6.10. The number of rotatable bonds is 4. The second-order valence-electron chi connectivity index (χ2n) is 8.94. The van der Waals surface area contributed by atoms with E-state index in [0.717, 1.165) is 68.8 Å². The summed E-state index contributed by atoms with van der Waals surface area (Å²) in [4.78, 5) is 29.4. The Hall–Kier alpha value is -2.18. The first-order valence-electron chi connectivity index (χ1n) is 11.5. The van der Waals surface area contributed by atoms with Gasteiger partial charge in [-0.3, -0.25) is 9.69 Å². The Balaban J connectivity index is 1.20. The maximum atomic E-state index is 12.8. The minimum absolute atomic E-state index is 0.148. The SMILES string of the molecule is O=C(Cc1cccc(Cl)c1)N1CCc2cnc(N3CCN(C4CCC4)CC3)nc2CC1. The molecule has 2 fully saturated rings. The highest BCUT2D eigenvalue weighted by atomic mass is 35.5. The summed E-state index contributed by atoms with van der Waals surface area (Å²) in [6.07, 6.45) is 8.09. The van der Waals surface area contributed by atoms with E-state index in [1.54, 1.807) is 0 Å². The van der Waals surface area contributed by atoms with Gasteiger partial charge in [0.2, 0.25) is 11.9 Å². The van der Waals surface area contributed by atoms with Crippen LogP contribution in [-0.2, 0) is 24.1 Å². The van der Waals surface area contributed by atoms with Gasteiger partial charge in [-0.2, -0.15) is 0 Å². The van der Waals surface area contributed by atoms with Gasteiger partial charge in [-0.15, -0.1) is 0 Å². The molecule has 0 atom stereocenters. The molecule has 0 bridgehead atoms. The van der Waals surface area contributed by atoms with Gasteiger partial charge in [-0.1, -0.05) is 30.2 Å². The number of aromatic nitrogens is 2. The number of halogens is 1. The van der Waals surface area contributed by atoms with Gasteiger partial charge >= 0.3 is 0 Å². The Labute approximate surface area is 189 Å². The average molecular weight is 440 g/mol. The largest absolute Gasteiger partial charge is 0.342 e. The van der Waals surface area contributed by atoms with Crippen molar-refractivity contribution < 1.29 is 4.79 Å². The normalized spacial score (nSPS) is 20.2. The fraction of sp³-hybridized carbons (Fsp3) is 0.542. The first-order valence-corrected chi connectivity index (χ1v) is 11.9. The summed E-state index contributed by atoms with van der Waals surface area (Å²) < 4.78 is 0. The number of benzene rings is 1. The molecule has 1 saturated carbocycles. The van der Waals surface area contributed by atoms with E-state index in [1.807, 2.05) is 35.4 Å². The highest BCUT2D eigenvalue weighted by molar-refractivity contribution is 6.30. The summed E-state index contributed by atoms with van der Waals surface area (Å²) in [7, 11) is 0. The van der Waals surface area contributed by atoms with E-state index in [4.69, 9.17) is 16.6 Å². The smallest absolute Gasteiger partial charge is 0.227 e. The minimum Gasteiger partial charge on any atom is -0.342 e. The summed E-state index contributed by atoms with van der Waals surface area (Å²) in [6, 6.07) is 8.37. The zero-order valence-corrected chi connectivity index (χ0v) is 18.7. The fourth-order valence-electron chi connectivity index (χ4n) is 4.84. The quantitative estimate of drug-likeness (QED) is 0.733. The van der Waals surface area contributed by atoms with Crippen molar-refractivity contribution in [2.45, 2.75) is 44.6 Å². The van der Waals surface area contributed by atoms with E-state index in [0.29, 0.717) is 18.0 Å². The molecule has 1 saturated heterocycles. The number of amides is 1. The van der Waals surface area contributed by atoms with Crippen LogP contribution in [0.15, 0.2) is 30.5 Å². The first kappa shape index (κ1) is 20.7. The van der Waals surface area contributed by atoms with Crippen LogP contribution in [-0.4, -0.2) is 71.0 Å². The van der Waals surface area contributed by atoms with Gasteiger partial charge in [0.15, 0.2) is 0 Å². The third-order valence-electron chi connectivity index (χ3n) is 7.00. The fourth-order valence-corrected chi connectivity index (χ4v) is 5.05. The Morgan fingerprint density at radius 3 is 2.61 bits per heavy atom. The van der Waals surface area contributed by atoms with Gasteiger partial charge in [0, 0.05) is 63.0 Å². The molecule has 2 aromatic rings. The van der Waals surface area contributed by atoms with Gasteiger partial charge in [-0.05, 0) is 42.5 Å². The lowest BCUT2D eigenvalue weighted by atomic mass is 9.91. The van der Waals surface area contributed by atoms with Crippen LogP contribution in [0.5, 0.6) is 0 Å². The number of hydrogen-bond acceptors (Lipinski definition) is 5. The van der Waals surface area contributed by atoms with Crippen molar-refractivity contribution in [3.8, 4) is 0 Å². The van der Waals surface area contributed by atoms with Crippen LogP contribution < -0.4 is 4.90 Å². The summed E-state index contributed by atoms with van der Waals surface area (Å²) >= 11 is 6.07. The number of piperazine rings is 1. The molecule has 3 aliphatic rings. The summed E-state index contributed by atoms with van der Waals surface area (Å²) in [6.45, 7) is 5.64. The second kappa shape index (κ2) is 9.13. The molecule has 1 aromatic heterocycles. The summed E-state index contributed by atoms with van der Waals surface area (Å²) in [5.41, 5.74) is 3.24. The van der Waals surface area contributed by atoms with Crippen molar-refractivity contribution in [1.82, 2.24) is 19.8 Å². The number of carbonyl (C=O) groups is 1. The van der Waals surface area contributed by atoms with Crippen LogP contribution in [0.4, 0.5) is 5.95 Å². The van der Waals surface area contributed by atoms with Gasteiger partial charge < -0.3 is 9.80 Å². The maximum Gasteiger partial charge on any atom is 0.227 e. The predicted molar refractivity (Wildman–Crippen MR) is 123 cm³/mol. The van der Waals surface area contributed by atoms with Crippen LogP contribution in [0.3, 0.4) is 0 Å². The Bertz CT molecular complexity index is 939. The summed E-state index contributed by atoms with van der Waals surface area (Å²) in [5, 5.41) is 0.671. The molecule has 3 heterocycles. The molecule has 6 nitrogen and oxygen atoms in total. The first-order chi connectivity index (χ1) is 15.2. The number of nitrogens with zero attached hydrogens (tertiary/aromatic N) is 5. The third-order valence-corrected chi connectivity index (χ3v) is 7.23. The van der Waals surface area contributed by atoms with Crippen molar-refractivity contribution in [2.24, 2.45) is 0 Å². The van der Waals surface area contributed by atoms with E-state index in [2.05, 4.69) is 14.8 Å². The van der Waals surface area contributed by atoms with Crippen LogP contribution in [0, 0.1) is 0 Å². The molecule has 1 aliphatic carbocycles. The number of hydrogen-bond donors (Lipinski definition) is 0. The molecule has 5 rings (SSSR count). The van der Waals surface area contributed by atoms with Crippen molar-refractivity contribution in [2.75, 3.05) is 44.2 Å². The second-order valence-corrected chi connectivity index (χ2v) is 9.37. The molecule has 7 heteroatoms. The molecule has 0 N–H and O–H groups in total. The van der Waals surface area contributed by atoms with E-state index in [-0.39, 0.29) is 5.91 Å². The lowest BCUT2D eigenvalue weighted by Gasteiger charge is -2.43. The lowest BCUT2D eigenvalue weighted by molar-refractivity contribution is -0.130. The molecular weight excluding hydrogens is 410 g/mol. The van der Waals surface area contributed by atoms with Gasteiger partial charge in [0.25, 0.3) is 0 Å². The number of carbonyl (C=O) groups excluding carboxylic acids is 1. The molecule has 31 heavy (non-hydrogen) atoms. The molecule has 0 unspecified atom stereocenters. The standard InChI is InChI=1S/C24H30ClN5O/c25-20-4-1-3-18(15-20)16-23(31)29-9-7-19-17-26-24(27-22(19)8-10-29)30-13-11-28(12-14-30)21-5-2-6-21/h1,3-4,15,17,21H,2,5-14,16H2. The molecule has 1 amide bonds. The van der Waals surface area contributed by atoms with E-state index < -0.39 is 0 Å². The van der Waals surface area contributed by atoms with Crippen LogP contribution in [0.25, 0.3) is 0 Å². The number of anilines is 1. The molecule has 1 aromatic carbocycles. The van der Waals surface area contributed by atoms with Gasteiger partial charge in [0.05, 0.1) is 12.1 Å². The lowest BCUT2D eigenvalue weighted by Crippen LogP contribution is -2.52. The maximum absolute atomic E-state index is 12.8. The summed E-state index contributed by atoms with van der Waals surface area (Å²) in [5.74, 6) is 1.00. The Morgan fingerprint density at radius 2 is 1.87 bits per heavy atom. The van der Waals surface area contributed by atoms with Crippen molar-refractivity contribution >= 4 is 23.5 Å². The molecule has 164 valence electrons. The monoisotopic (exact) mass is 439 g/mol. The van der Waals surface area contributed by atoms with E-state index in [1.165, 1.54) is 24.8 Å². The van der Waals surface area contributed by atoms with Gasteiger partial charge in [-0.25, -0.2) is 9.97 Å². The van der Waals surface area contributed by atoms with Crippen molar-refractivity contribution in [3.05, 3.63) is 52.3 Å². The molecule has 0 spiro atoms. The van der Waals surface area contributed by atoms with Crippen LogP contribution in [0.1, 0.15) is 36.1 Å². The van der Waals surface area contributed by atoms with E-state index in [9.17, 15) is 4.79 Å². The third kappa shape index (κ3) is 4.70. The van der Waals surface area contributed by atoms with Crippen LogP contribution in [0.2, 0.25) is 5.02 Å². The molecular formula is C24H30ClN5O. The predicted octanol–water partition coefficient (Wildman–Crippen LogP) is 2.97. The zero-order valence-electron chi connectivity index (χ0n) is 18.0. The highest BCUT2D eigenvalue weighted by Gasteiger charge is 2.29. The Morgan fingerprint density at radius 1 is 1.06 bits per heavy atom. The topological polar surface area (TPSA) is 52.6 Å². The van der Waals surface area contributed by atoms with Crippen molar-refractivity contribution in [3.63, 3.8) is 0 Å². The average Bonchev–Trinajstić information content (AvgIpc) is 2.95. The minimum atomic E-state index is 0.148. The van der Waals surface area contributed by atoms with Gasteiger partial charge in [0.1, 0.15) is 0 Å². The number of fused-ring (bicyclic) bond motifs is 1.